The van der Waals surface area contributed by atoms with Crippen molar-refractivity contribution in [1.82, 2.24) is 5.32 Å². The van der Waals surface area contributed by atoms with Gasteiger partial charge in [-0.25, -0.2) is 4.39 Å². The molecule has 0 bridgehead atoms. The standard InChI is InChI=1S/C11H14FNO/c12-10-5-2-1-4-9(10)11(14)6-3-7-13-8-11/h1-2,4-5,13-14H,3,6-8H2. The summed E-state index contributed by atoms with van der Waals surface area (Å²) in [5, 5.41) is 13.3. The lowest BCUT2D eigenvalue weighted by Crippen LogP contribution is -2.43. The van der Waals surface area contributed by atoms with Crippen LogP contribution in [0.15, 0.2) is 24.3 Å². The average molecular weight is 195 g/mol. The molecule has 0 amide bonds. The molecule has 1 unspecified atom stereocenters. The largest absolute Gasteiger partial charge is 0.384 e. The van der Waals surface area contributed by atoms with Gasteiger partial charge in [0.25, 0.3) is 0 Å². The highest BCUT2D eigenvalue weighted by atomic mass is 19.1. The van der Waals surface area contributed by atoms with E-state index in [1.807, 2.05) is 0 Å². The van der Waals surface area contributed by atoms with Gasteiger partial charge < -0.3 is 10.4 Å². The molecule has 3 heteroatoms. The van der Waals surface area contributed by atoms with Crippen LogP contribution in [0.1, 0.15) is 18.4 Å². The zero-order valence-corrected chi connectivity index (χ0v) is 7.96. The van der Waals surface area contributed by atoms with Crippen LogP contribution in [0.5, 0.6) is 0 Å². The molecule has 14 heavy (non-hydrogen) atoms. The van der Waals surface area contributed by atoms with E-state index in [1.54, 1.807) is 18.2 Å². The van der Waals surface area contributed by atoms with E-state index in [2.05, 4.69) is 5.32 Å². The van der Waals surface area contributed by atoms with Crippen molar-refractivity contribution >= 4 is 0 Å². The first-order valence-electron chi connectivity index (χ1n) is 4.90. The molecule has 76 valence electrons. The first-order valence-corrected chi connectivity index (χ1v) is 4.90. The number of benzene rings is 1. The van der Waals surface area contributed by atoms with Crippen molar-refractivity contribution in [3.05, 3.63) is 35.6 Å². The topological polar surface area (TPSA) is 32.3 Å². The third-order valence-corrected chi connectivity index (χ3v) is 2.74. The normalized spacial score (nSPS) is 27.6. The van der Waals surface area contributed by atoms with E-state index in [0.29, 0.717) is 18.5 Å². The predicted octanol–water partition coefficient (Wildman–Crippen LogP) is 1.40. The van der Waals surface area contributed by atoms with Crippen LogP contribution in [0, 0.1) is 5.82 Å². The van der Waals surface area contributed by atoms with Crippen molar-refractivity contribution in [2.75, 3.05) is 13.1 Å². The van der Waals surface area contributed by atoms with Crippen molar-refractivity contribution < 1.29 is 9.50 Å². The fourth-order valence-electron chi connectivity index (χ4n) is 1.96. The van der Waals surface area contributed by atoms with Crippen molar-refractivity contribution in [1.29, 1.82) is 0 Å². The molecular formula is C11H14FNO. The Hall–Kier alpha value is -0.930. The van der Waals surface area contributed by atoms with Gasteiger partial charge in [0.1, 0.15) is 11.4 Å². The minimum atomic E-state index is -1.02. The van der Waals surface area contributed by atoms with E-state index >= 15 is 0 Å². The van der Waals surface area contributed by atoms with Gasteiger partial charge in [-0.05, 0) is 25.5 Å². The van der Waals surface area contributed by atoms with E-state index < -0.39 is 5.60 Å². The van der Waals surface area contributed by atoms with Crippen LogP contribution >= 0.6 is 0 Å². The fraction of sp³-hybridized carbons (Fsp3) is 0.455. The second kappa shape index (κ2) is 3.67. The predicted molar refractivity (Wildman–Crippen MR) is 52.4 cm³/mol. The third-order valence-electron chi connectivity index (χ3n) is 2.74. The molecule has 2 rings (SSSR count). The molecule has 2 N–H and O–H groups in total. The molecule has 1 fully saturated rings. The molecule has 0 aliphatic carbocycles. The van der Waals surface area contributed by atoms with Crippen LogP contribution in [0.25, 0.3) is 0 Å². The molecule has 1 aromatic carbocycles. The molecule has 0 aromatic heterocycles. The van der Waals surface area contributed by atoms with Gasteiger partial charge in [-0.1, -0.05) is 18.2 Å². The molecule has 0 saturated carbocycles. The van der Waals surface area contributed by atoms with Crippen molar-refractivity contribution in [3.8, 4) is 0 Å². The van der Waals surface area contributed by atoms with Crippen LogP contribution in [-0.4, -0.2) is 18.2 Å². The Morgan fingerprint density at radius 3 is 2.79 bits per heavy atom. The average Bonchev–Trinajstić information content (AvgIpc) is 2.19. The van der Waals surface area contributed by atoms with Gasteiger partial charge in [-0.3, -0.25) is 0 Å². The third kappa shape index (κ3) is 1.65. The molecule has 1 saturated heterocycles. The summed E-state index contributed by atoms with van der Waals surface area (Å²) in [7, 11) is 0. The smallest absolute Gasteiger partial charge is 0.129 e. The number of β-amino-alcohol motifs (C(OH)–C–C–N with tert-alkyl or cyclic N) is 1. The maximum Gasteiger partial charge on any atom is 0.129 e. The van der Waals surface area contributed by atoms with Crippen molar-refractivity contribution in [2.24, 2.45) is 0 Å². The van der Waals surface area contributed by atoms with Crippen LogP contribution in [0.4, 0.5) is 4.39 Å². The summed E-state index contributed by atoms with van der Waals surface area (Å²) >= 11 is 0. The Morgan fingerprint density at radius 2 is 2.14 bits per heavy atom. The molecule has 0 radical (unpaired) electrons. The Labute approximate surface area is 82.8 Å². The van der Waals surface area contributed by atoms with Gasteiger partial charge in [0.15, 0.2) is 0 Å². The SMILES string of the molecule is OC1(c2ccccc2F)CCCNC1. The zero-order chi connectivity index (χ0) is 10.0. The van der Waals surface area contributed by atoms with E-state index in [1.165, 1.54) is 6.07 Å². The fourth-order valence-corrected chi connectivity index (χ4v) is 1.96. The van der Waals surface area contributed by atoms with E-state index in [-0.39, 0.29) is 5.82 Å². The molecule has 1 aliphatic heterocycles. The Bertz CT molecular complexity index is 321. The minimum absolute atomic E-state index is 0.321. The number of aliphatic hydroxyl groups is 1. The quantitative estimate of drug-likeness (QED) is 0.710. The van der Waals surface area contributed by atoms with E-state index in [4.69, 9.17) is 0 Å². The number of halogens is 1. The molecular weight excluding hydrogens is 181 g/mol. The maximum atomic E-state index is 13.4. The summed E-state index contributed by atoms with van der Waals surface area (Å²) in [6, 6.07) is 6.44. The Kier molecular flexibility index (Phi) is 2.52. The van der Waals surface area contributed by atoms with Crippen molar-refractivity contribution in [3.63, 3.8) is 0 Å². The van der Waals surface area contributed by atoms with Crippen molar-refractivity contribution in [2.45, 2.75) is 18.4 Å². The minimum Gasteiger partial charge on any atom is -0.384 e. The summed E-state index contributed by atoms with van der Waals surface area (Å²) in [6.07, 6.45) is 1.51. The number of piperidine rings is 1. The molecule has 1 aromatic rings. The molecule has 2 nitrogen and oxygen atoms in total. The first kappa shape index (κ1) is 9.62. The highest BCUT2D eigenvalue weighted by Gasteiger charge is 2.33. The van der Waals surface area contributed by atoms with Crippen LogP contribution in [-0.2, 0) is 5.60 Å². The Balaban J connectivity index is 2.32. The highest BCUT2D eigenvalue weighted by Crippen LogP contribution is 2.29. The lowest BCUT2D eigenvalue weighted by Gasteiger charge is -2.33. The lowest BCUT2D eigenvalue weighted by atomic mass is 9.86. The second-order valence-electron chi connectivity index (χ2n) is 3.79. The molecule has 1 aliphatic rings. The van der Waals surface area contributed by atoms with Gasteiger partial charge in [0, 0.05) is 12.1 Å². The molecule has 1 atom stereocenters. The first-order chi connectivity index (χ1) is 6.72. The maximum absolute atomic E-state index is 13.4. The van der Waals surface area contributed by atoms with Crippen LogP contribution in [0.2, 0.25) is 0 Å². The molecule has 0 spiro atoms. The van der Waals surface area contributed by atoms with Gasteiger partial charge in [-0.2, -0.15) is 0 Å². The second-order valence-corrected chi connectivity index (χ2v) is 3.79. The van der Waals surface area contributed by atoms with Gasteiger partial charge in [0.05, 0.1) is 0 Å². The van der Waals surface area contributed by atoms with Gasteiger partial charge in [0.2, 0.25) is 0 Å². The highest BCUT2D eigenvalue weighted by molar-refractivity contribution is 5.25. The molecule has 1 heterocycles. The number of hydrogen-bond donors (Lipinski definition) is 2. The van der Waals surface area contributed by atoms with Gasteiger partial charge >= 0.3 is 0 Å². The Morgan fingerprint density at radius 1 is 1.36 bits per heavy atom. The summed E-state index contributed by atoms with van der Waals surface area (Å²) < 4.78 is 13.4. The number of rotatable bonds is 1. The summed E-state index contributed by atoms with van der Waals surface area (Å²) in [5.41, 5.74) is -0.615. The van der Waals surface area contributed by atoms with E-state index in [0.717, 1.165) is 13.0 Å². The van der Waals surface area contributed by atoms with E-state index in [9.17, 15) is 9.50 Å². The van der Waals surface area contributed by atoms with Crippen LogP contribution < -0.4 is 5.32 Å². The summed E-state index contributed by atoms with van der Waals surface area (Å²) in [5.74, 6) is -0.321. The lowest BCUT2D eigenvalue weighted by molar-refractivity contribution is 0.00910. The van der Waals surface area contributed by atoms with Gasteiger partial charge in [-0.15, -0.1) is 0 Å². The summed E-state index contributed by atoms with van der Waals surface area (Å²) in [4.78, 5) is 0. The van der Waals surface area contributed by atoms with Crippen LogP contribution in [0.3, 0.4) is 0 Å². The number of nitrogens with one attached hydrogen (secondary N) is 1. The summed E-state index contributed by atoms with van der Waals surface area (Å²) in [6.45, 7) is 1.34. The number of hydrogen-bond acceptors (Lipinski definition) is 2. The zero-order valence-electron chi connectivity index (χ0n) is 7.96. The monoisotopic (exact) mass is 195 g/mol.